The van der Waals surface area contributed by atoms with Crippen molar-refractivity contribution in [2.24, 2.45) is 5.10 Å². The molecule has 3 heterocycles. The Morgan fingerprint density at radius 1 is 1.00 bits per heavy atom. The molecule has 2 aliphatic rings. The second kappa shape index (κ2) is 6.15. The van der Waals surface area contributed by atoms with E-state index in [0.29, 0.717) is 5.02 Å². The number of pyridine rings is 1. The zero-order chi connectivity index (χ0) is 17.5. The van der Waals surface area contributed by atoms with Crippen molar-refractivity contribution in [3.63, 3.8) is 0 Å². The van der Waals surface area contributed by atoms with Gasteiger partial charge in [0, 0.05) is 35.0 Å². The molecule has 0 N–H and O–H groups in total. The minimum atomic E-state index is -0.280. The highest BCUT2D eigenvalue weighted by Gasteiger charge is 2.41. The van der Waals surface area contributed by atoms with Crippen LogP contribution in [0.25, 0.3) is 0 Å². The molecule has 4 nitrogen and oxygen atoms in total. The molecular weight excluding hydrogens is 346 g/mol. The fourth-order valence-corrected chi connectivity index (χ4v) is 3.79. The van der Waals surface area contributed by atoms with Gasteiger partial charge >= 0.3 is 0 Å². The van der Waals surface area contributed by atoms with Crippen LogP contribution in [0.5, 0.6) is 5.75 Å². The molecule has 0 saturated heterocycles. The van der Waals surface area contributed by atoms with Crippen molar-refractivity contribution in [2.75, 3.05) is 0 Å². The summed E-state index contributed by atoms with van der Waals surface area (Å²) < 4.78 is 6.30. The molecule has 0 spiro atoms. The Balaban J connectivity index is 1.62. The molecule has 0 fully saturated rings. The van der Waals surface area contributed by atoms with Crippen molar-refractivity contribution in [3.8, 4) is 5.75 Å². The van der Waals surface area contributed by atoms with Crippen LogP contribution >= 0.6 is 11.6 Å². The molecule has 128 valence electrons. The lowest BCUT2D eigenvalue weighted by molar-refractivity contribution is -0.0190. The van der Waals surface area contributed by atoms with Crippen molar-refractivity contribution in [3.05, 3.63) is 94.8 Å². The van der Waals surface area contributed by atoms with Gasteiger partial charge in [0.2, 0.25) is 6.23 Å². The third kappa shape index (κ3) is 2.54. The van der Waals surface area contributed by atoms with Crippen LogP contribution in [-0.4, -0.2) is 15.7 Å². The van der Waals surface area contributed by atoms with Gasteiger partial charge in [0.1, 0.15) is 5.75 Å². The third-order valence-electron chi connectivity index (χ3n) is 4.85. The fraction of sp³-hybridized carbons (Fsp3) is 0.143. The van der Waals surface area contributed by atoms with Gasteiger partial charge in [-0.15, -0.1) is 0 Å². The molecule has 26 heavy (non-hydrogen) atoms. The molecule has 3 aromatic rings. The zero-order valence-electron chi connectivity index (χ0n) is 13.9. The smallest absolute Gasteiger partial charge is 0.213 e. The lowest BCUT2D eigenvalue weighted by Crippen LogP contribution is -2.33. The molecule has 5 rings (SSSR count). The first-order valence-corrected chi connectivity index (χ1v) is 8.95. The summed E-state index contributed by atoms with van der Waals surface area (Å²) in [5, 5.41) is 7.69. The van der Waals surface area contributed by atoms with Gasteiger partial charge in [0.05, 0.1) is 11.8 Å². The molecular formula is C21H16ClN3O. The van der Waals surface area contributed by atoms with E-state index in [9.17, 15) is 0 Å². The molecule has 0 radical (unpaired) electrons. The predicted octanol–water partition coefficient (Wildman–Crippen LogP) is 4.98. The summed E-state index contributed by atoms with van der Waals surface area (Å²) in [6, 6.07) is 20.1. The van der Waals surface area contributed by atoms with Gasteiger partial charge in [-0.2, -0.15) is 5.10 Å². The second-order valence-corrected chi connectivity index (χ2v) is 6.88. The molecule has 2 aliphatic heterocycles. The molecule has 0 bridgehead atoms. The van der Waals surface area contributed by atoms with Crippen LogP contribution < -0.4 is 4.74 Å². The number of benzene rings is 2. The topological polar surface area (TPSA) is 37.7 Å². The van der Waals surface area contributed by atoms with Gasteiger partial charge in [-0.3, -0.25) is 4.98 Å². The van der Waals surface area contributed by atoms with Gasteiger partial charge in [0.15, 0.2) is 0 Å². The maximum atomic E-state index is 6.30. The van der Waals surface area contributed by atoms with Gasteiger partial charge in [-0.1, -0.05) is 41.9 Å². The van der Waals surface area contributed by atoms with Gasteiger partial charge in [-0.25, -0.2) is 5.01 Å². The number of nitrogens with zero attached hydrogens (tertiary/aromatic N) is 3. The van der Waals surface area contributed by atoms with E-state index >= 15 is 0 Å². The number of halogens is 1. The zero-order valence-corrected chi connectivity index (χ0v) is 14.7. The van der Waals surface area contributed by atoms with Crippen LogP contribution in [0.15, 0.2) is 78.2 Å². The molecule has 1 aromatic heterocycles. The first-order valence-electron chi connectivity index (χ1n) is 8.57. The first-order chi connectivity index (χ1) is 12.8. The van der Waals surface area contributed by atoms with Crippen LogP contribution in [0.1, 0.15) is 35.4 Å². The van der Waals surface area contributed by atoms with Crippen molar-refractivity contribution in [2.45, 2.75) is 18.7 Å². The summed E-state index contributed by atoms with van der Waals surface area (Å²) in [6.07, 6.45) is 4.10. The largest absolute Gasteiger partial charge is 0.464 e. The Hall–Kier alpha value is -2.85. The Morgan fingerprint density at radius 2 is 1.81 bits per heavy atom. The number of ether oxygens (including phenoxy) is 1. The summed E-state index contributed by atoms with van der Waals surface area (Å²) in [5.74, 6) is 0.863. The number of hydrogen-bond acceptors (Lipinski definition) is 4. The number of fused-ring (bicyclic) bond motifs is 3. The second-order valence-electron chi connectivity index (χ2n) is 6.45. The van der Waals surface area contributed by atoms with E-state index in [0.717, 1.165) is 34.6 Å². The lowest BCUT2D eigenvalue weighted by atomic mass is 9.96. The normalized spacial score (nSPS) is 20.8. The third-order valence-corrected chi connectivity index (χ3v) is 5.09. The van der Waals surface area contributed by atoms with E-state index in [4.69, 9.17) is 21.4 Å². The highest BCUT2D eigenvalue weighted by Crippen LogP contribution is 2.48. The van der Waals surface area contributed by atoms with Crippen LogP contribution in [-0.2, 0) is 0 Å². The average molecular weight is 362 g/mol. The Bertz CT molecular complexity index is 975. The standard InChI is InChI=1S/C21H16ClN3O/c22-16-6-7-20-17(12-16)19-13-18(14-4-2-1-3-5-14)24-25(19)21(26-20)15-8-10-23-11-9-15/h1-12,19,21H,13H2. The maximum absolute atomic E-state index is 6.30. The summed E-state index contributed by atoms with van der Waals surface area (Å²) in [6.45, 7) is 0. The summed E-state index contributed by atoms with van der Waals surface area (Å²) in [4.78, 5) is 4.12. The average Bonchev–Trinajstić information content (AvgIpc) is 3.15. The summed E-state index contributed by atoms with van der Waals surface area (Å²) in [7, 11) is 0. The SMILES string of the molecule is Clc1ccc2c(c1)C1CC(c3ccccc3)=NN1C(c1ccncc1)O2. The minimum absolute atomic E-state index is 0.103. The quantitative estimate of drug-likeness (QED) is 0.646. The molecule has 5 heteroatoms. The van der Waals surface area contributed by atoms with E-state index in [-0.39, 0.29) is 12.3 Å². The monoisotopic (exact) mass is 361 g/mol. The Kier molecular flexibility index (Phi) is 3.64. The van der Waals surface area contributed by atoms with Gasteiger partial charge in [-0.05, 0) is 35.9 Å². The van der Waals surface area contributed by atoms with Crippen LogP contribution in [0.2, 0.25) is 5.02 Å². The molecule has 2 unspecified atom stereocenters. The van der Waals surface area contributed by atoms with Gasteiger partial charge in [0.25, 0.3) is 0 Å². The molecule has 0 aliphatic carbocycles. The van der Waals surface area contributed by atoms with Crippen LogP contribution in [0, 0.1) is 0 Å². The molecule has 2 atom stereocenters. The van der Waals surface area contributed by atoms with Gasteiger partial charge < -0.3 is 4.74 Å². The number of hydrogen-bond donors (Lipinski definition) is 0. The molecule has 2 aromatic carbocycles. The highest BCUT2D eigenvalue weighted by molar-refractivity contribution is 6.30. The number of hydrazone groups is 1. The predicted molar refractivity (Wildman–Crippen MR) is 101 cm³/mol. The molecule has 0 amide bonds. The van der Waals surface area contributed by atoms with Crippen molar-refractivity contribution in [1.82, 2.24) is 9.99 Å². The fourth-order valence-electron chi connectivity index (χ4n) is 3.61. The Morgan fingerprint density at radius 3 is 2.62 bits per heavy atom. The summed E-state index contributed by atoms with van der Waals surface area (Å²) >= 11 is 6.25. The Labute approximate surface area is 156 Å². The highest BCUT2D eigenvalue weighted by atomic mass is 35.5. The maximum Gasteiger partial charge on any atom is 0.213 e. The number of aromatic nitrogens is 1. The van der Waals surface area contributed by atoms with E-state index < -0.39 is 0 Å². The summed E-state index contributed by atoms with van der Waals surface area (Å²) in [5.41, 5.74) is 4.31. The molecule has 0 saturated carbocycles. The lowest BCUT2D eigenvalue weighted by Gasteiger charge is -2.38. The van der Waals surface area contributed by atoms with E-state index in [2.05, 4.69) is 22.1 Å². The van der Waals surface area contributed by atoms with E-state index in [1.165, 1.54) is 0 Å². The van der Waals surface area contributed by atoms with Crippen LogP contribution in [0.4, 0.5) is 0 Å². The first kappa shape index (κ1) is 15.4. The van der Waals surface area contributed by atoms with E-state index in [1.807, 2.05) is 48.5 Å². The minimum Gasteiger partial charge on any atom is -0.464 e. The van der Waals surface area contributed by atoms with Crippen molar-refractivity contribution >= 4 is 17.3 Å². The van der Waals surface area contributed by atoms with E-state index in [1.54, 1.807) is 12.4 Å². The number of rotatable bonds is 2. The van der Waals surface area contributed by atoms with Crippen molar-refractivity contribution < 1.29 is 4.74 Å². The van der Waals surface area contributed by atoms with Crippen LogP contribution in [0.3, 0.4) is 0 Å². The van der Waals surface area contributed by atoms with Crippen molar-refractivity contribution in [1.29, 1.82) is 0 Å².